The van der Waals surface area contributed by atoms with Crippen molar-refractivity contribution in [1.82, 2.24) is 4.98 Å². The molecule has 1 aromatic heterocycles. The van der Waals surface area contributed by atoms with Crippen molar-refractivity contribution in [3.05, 3.63) is 29.8 Å². The Labute approximate surface area is 125 Å². The highest BCUT2D eigenvalue weighted by Gasteiger charge is 2.17. The maximum Gasteiger partial charge on any atom is 0.133 e. The Hall–Kier alpha value is -2.28. The second kappa shape index (κ2) is 6.01. The van der Waals surface area contributed by atoms with E-state index in [4.69, 9.17) is 15.0 Å². The number of pyridine rings is 1. The Kier molecular flexibility index (Phi) is 3.92. The molecular weight excluding hydrogens is 262 g/mol. The van der Waals surface area contributed by atoms with Gasteiger partial charge in [-0.05, 0) is 37.5 Å². The fourth-order valence-electron chi connectivity index (χ4n) is 2.90. The van der Waals surface area contributed by atoms with E-state index >= 15 is 0 Å². The first-order valence-electron chi connectivity index (χ1n) is 7.41. The van der Waals surface area contributed by atoms with Gasteiger partial charge in [-0.2, -0.15) is 5.26 Å². The summed E-state index contributed by atoms with van der Waals surface area (Å²) < 4.78 is 5.28. The van der Waals surface area contributed by atoms with Gasteiger partial charge >= 0.3 is 0 Å². The second-order valence-corrected chi connectivity index (χ2v) is 5.41. The van der Waals surface area contributed by atoms with Crippen molar-refractivity contribution in [3.63, 3.8) is 0 Å². The van der Waals surface area contributed by atoms with Crippen LogP contribution in [-0.4, -0.2) is 25.2 Å². The van der Waals surface area contributed by atoms with Crippen LogP contribution in [0.4, 0.5) is 5.82 Å². The smallest absolute Gasteiger partial charge is 0.133 e. The number of aromatic nitrogens is 1. The van der Waals surface area contributed by atoms with Crippen molar-refractivity contribution in [2.75, 3.05) is 25.1 Å². The summed E-state index contributed by atoms with van der Waals surface area (Å²) in [5.74, 6) is 1.78. The molecule has 1 aliphatic rings. The van der Waals surface area contributed by atoms with E-state index in [-0.39, 0.29) is 0 Å². The van der Waals surface area contributed by atoms with E-state index in [1.165, 1.54) is 19.3 Å². The number of fused-ring (bicyclic) bond motifs is 1. The minimum atomic E-state index is 0.404. The third-order valence-electron chi connectivity index (χ3n) is 4.01. The van der Waals surface area contributed by atoms with E-state index in [0.29, 0.717) is 6.42 Å². The van der Waals surface area contributed by atoms with Crippen LogP contribution >= 0.6 is 0 Å². The molecule has 1 aliphatic heterocycles. The largest absolute Gasteiger partial charge is 0.497 e. The first-order valence-corrected chi connectivity index (χ1v) is 7.41. The average molecular weight is 281 g/mol. The fourth-order valence-corrected chi connectivity index (χ4v) is 2.90. The topological polar surface area (TPSA) is 49.1 Å². The second-order valence-electron chi connectivity index (χ2n) is 5.41. The lowest BCUT2D eigenvalue weighted by atomic mass is 10.1. The van der Waals surface area contributed by atoms with Gasteiger partial charge in [-0.3, -0.25) is 0 Å². The summed E-state index contributed by atoms with van der Waals surface area (Å²) in [6, 6.07) is 10.2. The fraction of sp³-hybridized carbons (Fsp3) is 0.412. The lowest BCUT2D eigenvalue weighted by Crippen LogP contribution is -2.31. The SMILES string of the molecule is COc1ccc2cc(CC#N)c(N3CCCCC3)nc2c1. The highest BCUT2D eigenvalue weighted by Crippen LogP contribution is 2.28. The van der Waals surface area contributed by atoms with Gasteiger partial charge in [-0.25, -0.2) is 4.98 Å². The minimum absolute atomic E-state index is 0.404. The number of hydrogen-bond donors (Lipinski definition) is 0. The Morgan fingerprint density at radius 2 is 2.05 bits per heavy atom. The predicted octanol–water partition coefficient (Wildman–Crippen LogP) is 3.30. The van der Waals surface area contributed by atoms with Crippen molar-refractivity contribution in [2.24, 2.45) is 0 Å². The van der Waals surface area contributed by atoms with Gasteiger partial charge < -0.3 is 9.64 Å². The summed E-state index contributed by atoms with van der Waals surface area (Å²) >= 11 is 0. The van der Waals surface area contributed by atoms with E-state index < -0.39 is 0 Å². The molecular formula is C17H19N3O. The number of hydrogen-bond acceptors (Lipinski definition) is 4. The van der Waals surface area contributed by atoms with E-state index in [9.17, 15) is 0 Å². The van der Waals surface area contributed by atoms with Gasteiger partial charge in [-0.1, -0.05) is 0 Å². The van der Waals surface area contributed by atoms with Crippen LogP contribution in [0.25, 0.3) is 10.9 Å². The highest BCUT2D eigenvalue weighted by molar-refractivity contribution is 5.83. The predicted molar refractivity (Wildman–Crippen MR) is 83.7 cm³/mol. The van der Waals surface area contributed by atoms with Gasteiger partial charge in [0.05, 0.1) is 25.1 Å². The van der Waals surface area contributed by atoms with Crippen LogP contribution in [0.2, 0.25) is 0 Å². The van der Waals surface area contributed by atoms with Crippen LogP contribution in [0, 0.1) is 11.3 Å². The van der Waals surface area contributed by atoms with E-state index in [2.05, 4.69) is 17.0 Å². The average Bonchev–Trinajstić information content (AvgIpc) is 2.55. The van der Waals surface area contributed by atoms with Crippen molar-refractivity contribution in [1.29, 1.82) is 5.26 Å². The molecule has 4 nitrogen and oxygen atoms in total. The van der Waals surface area contributed by atoms with Gasteiger partial charge in [0.25, 0.3) is 0 Å². The maximum atomic E-state index is 9.08. The summed E-state index contributed by atoms with van der Waals surface area (Å²) in [5.41, 5.74) is 1.95. The molecule has 0 bridgehead atoms. The number of benzene rings is 1. The number of piperidine rings is 1. The quantitative estimate of drug-likeness (QED) is 0.866. The summed E-state index contributed by atoms with van der Waals surface area (Å²) in [6.07, 6.45) is 4.08. The molecule has 0 atom stereocenters. The van der Waals surface area contributed by atoms with Crippen LogP contribution in [0.3, 0.4) is 0 Å². The summed E-state index contributed by atoms with van der Waals surface area (Å²) in [4.78, 5) is 7.14. The van der Waals surface area contributed by atoms with Crippen molar-refractivity contribution >= 4 is 16.7 Å². The number of ether oxygens (including phenoxy) is 1. The van der Waals surface area contributed by atoms with Gasteiger partial charge in [0.1, 0.15) is 11.6 Å². The Bertz CT molecular complexity index is 684. The molecule has 3 rings (SSSR count). The Balaban J connectivity index is 2.09. The standard InChI is InChI=1S/C17H19N3O/c1-21-15-6-5-13-11-14(7-8-18)17(19-16(13)12-15)20-9-3-2-4-10-20/h5-6,11-12H,2-4,7,9-10H2,1H3. The number of nitriles is 1. The summed E-state index contributed by atoms with van der Waals surface area (Å²) in [5, 5.41) is 10.1. The van der Waals surface area contributed by atoms with E-state index in [1.54, 1.807) is 7.11 Å². The van der Waals surface area contributed by atoms with Gasteiger partial charge in [0.2, 0.25) is 0 Å². The molecule has 0 aliphatic carbocycles. The Morgan fingerprint density at radius 1 is 1.24 bits per heavy atom. The van der Waals surface area contributed by atoms with E-state index in [1.807, 2.05) is 18.2 Å². The highest BCUT2D eigenvalue weighted by atomic mass is 16.5. The molecule has 2 heterocycles. The molecule has 0 amide bonds. The molecule has 21 heavy (non-hydrogen) atoms. The molecule has 108 valence electrons. The number of anilines is 1. The van der Waals surface area contributed by atoms with Gasteiger partial charge in [0.15, 0.2) is 0 Å². The van der Waals surface area contributed by atoms with E-state index in [0.717, 1.165) is 41.1 Å². The molecule has 0 N–H and O–H groups in total. The number of rotatable bonds is 3. The third-order valence-corrected chi connectivity index (χ3v) is 4.01. The van der Waals surface area contributed by atoms with Crippen LogP contribution in [0.1, 0.15) is 24.8 Å². The molecule has 1 saturated heterocycles. The van der Waals surface area contributed by atoms with Crippen molar-refractivity contribution in [3.8, 4) is 11.8 Å². The molecule has 0 unspecified atom stereocenters. The zero-order valence-electron chi connectivity index (χ0n) is 12.3. The van der Waals surface area contributed by atoms with Gasteiger partial charge in [-0.15, -0.1) is 0 Å². The molecule has 1 aromatic carbocycles. The molecule has 4 heteroatoms. The monoisotopic (exact) mass is 281 g/mol. The molecule has 2 aromatic rings. The summed E-state index contributed by atoms with van der Waals surface area (Å²) in [7, 11) is 1.66. The van der Waals surface area contributed by atoms with Crippen LogP contribution in [0.15, 0.2) is 24.3 Å². The zero-order valence-corrected chi connectivity index (χ0v) is 12.3. The number of nitrogens with zero attached hydrogens (tertiary/aromatic N) is 3. The van der Waals surface area contributed by atoms with Crippen molar-refractivity contribution < 1.29 is 4.74 Å². The summed E-state index contributed by atoms with van der Waals surface area (Å²) in [6.45, 7) is 2.06. The van der Waals surface area contributed by atoms with Crippen LogP contribution < -0.4 is 9.64 Å². The normalized spacial score (nSPS) is 15.0. The lowest BCUT2D eigenvalue weighted by Gasteiger charge is -2.29. The van der Waals surface area contributed by atoms with Crippen molar-refractivity contribution in [2.45, 2.75) is 25.7 Å². The Morgan fingerprint density at radius 3 is 2.76 bits per heavy atom. The first-order chi connectivity index (χ1) is 10.3. The van der Waals surface area contributed by atoms with Crippen LogP contribution in [0.5, 0.6) is 5.75 Å². The molecule has 1 fully saturated rings. The number of methoxy groups -OCH3 is 1. The van der Waals surface area contributed by atoms with Gasteiger partial charge in [0, 0.05) is 30.1 Å². The first kappa shape index (κ1) is 13.7. The third kappa shape index (κ3) is 2.78. The maximum absolute atomic E-state index is 9.08. The van der Waals surface area contributed by atoms with Crippen LogP contribution in [-0.2, 0) is 6.42 Å². The molecule has 0 radical (unpaired) electrons. The molecule has 0 spiro atoms. The molecule has 0 saturated carbocycles. The lowest BCUT2D eigenvalue weighted by molar-refractivity contribution is 0.415. The zero-order chi connectivity index (χ0) is 14.7. The minimum Gasteiger partial charge on any atom is -0.497 e.